The summed E-state index contributed by atoms with van der Waals surface area (Å²) < 4.78 is 0. The molecule has 12 heavy (non-hydrogen) atoms. The molecule has 0 radical (unpaired) electrons. The van der Waals surface area contributed by atoms with E-state index in [9.17, 15) is 0 Å². The second-order valence-corrected chi connectivity index (χ2v) is 2.43. The lowest BCUT2D eigenvalue weighted by molar-refractivity contribution is 0.170. The van der Waals surface area contributed by atoms with Crippen molar-refractivity contribution in [1.29, 1.82) is 15.8 Å². The molecule has 62 valence electrons. The van der Waals surface area contributed by atoms with Crippen molar-refractivity contribution in [3.05, 3.63) is 0 Å². The third kappa shape index (κ3) is 2.40. The summed E-state index contributed by atoms with van der Waals surface area (Å²) in [4.78, 5) is 0. The Morgan fingerprint density at radius 2 is 1.75 bits per heavy atom. The van der Waals surface area contributed by atoms with E-state index in [1.165, 1.54) is 6.07 Å². The molecule has 0 saturated heterocycles. The highest BCUT2D eigenvalue weighted by Crippen LogP contribution is 2.16. The highest BCUT2D eigenvalue weighted by molar-refractivity contribution is 6.18. The summed E-state index contributed by atoms with van der Waals surface area (Å²) in [6.07, 6.45) is -1.45. The van der Waals surface area contributed by atoms with Gasteiger partial charge in [0.05, 0.1) is 24.1 Å². The maximum absolute atomic E-state index is 8.96. The predicted octanol–water partition coefficient (Wildman–Crippen LogP) is 0.389. The van der Waals surface area contributed by atoms with Gasteiger partial charge in [-0.1, -0.05) is 0 Å². The largest absolute Gasteiger partial charge is 0.377 e. The van der Waals surface area contributed by atoms with E-state index in [-0.39, 0.29) is 5.88 Å². The Bertz CT molecular complexity index is 259. The molecule has 0 aromatic carbocycles. The number of nitriles is 3. The van der Waals surface area contributed by atoms with Gasteiger partial charge >= 0.3 is 0 Å². The van der Waals surface area contributed by atoms with Gasteiger partial charge in [0.25, 0.3) is 0 Å². The Morgan fingerprint density at radius 1 is 1.17 bits per heavy atom. The fourth-order valence-corrected chi connectivity index (χ4v) is 0.933. The number of aliphatic hydroxyl groups is 1. The molecule has 0 fully saturated rings. The number of aliphatic hydroxyl groups excluding tert-OH is 1. The van der Waals surface area contributed by atoms with E-state index in [2.05, 4.69) is 0 Å². The standard InChI is InChI=1S/C7H6ClN3O/c8-1-5(2-9)6(3-10)7(12)4-11/h5-7,12H,1H2. The van der Waals surface area contributed by atoms with Gasteiger partial charge in [-0.15, -0.1) is 11.6 Å². The van der Waals surface area contributed by atoms with Crippen LogP contribution in [0.4, 0.5) is 0 Å². The van der Waals surface area contributed by atoms with Gasteiger partial charge in [0.1, 0.15) is 5.92 Å². The Hall–Kier alpha value is -1.28. The molecular weight excluding hydrogens is 178 g/mol. The highest BCUT2D eigenvalue weighted by Gasteiger charge is 2.27. The molecule has 3 atom stereocenters. The summed E-state index contributed by atoms with van der Waals surface area (Å²) >= 11 is 5.35. The minimum atomic E-state index is -1.45. The molecule has 3 unspecified atom stereocenters. The molecule has 0 spiro atoms. The SMILES string of the molecule is N#CC(O)C(C#N)C(C#N)CCl. The Morgan fingerprint density at radius 3 is 2.00 bits per heavy atom. The Balaban J connectivity index is 4.49. The van der Waals surface area contributed by atoms with Crippen molar-refractivity contribution in [3.63, 3.8) is 0 Å². The molecule has 4 nitrogen and oxygen atoms in total. The van der Waals surface area contributed by atoms with Gasteiger partial charge < -0.3 is 5.11 Å². The van der Waals surface area contributed by atoms with Crippen molar-refractivity contribution in [2.75, 3.05) is 5.88 Å². The molecule has 0 heterocycles. The van der Waals surface area contributed by atoms with E-state index < -0.39 is 17.9 Å². The van der Waals surface area contributed by atoms with Gasteiger partial charge in [-0.25, -0.2) is 0 Å². The fourth-order valence-electron chi connectivity index (χ4n) is 0.672. The smallest absolute Gasteiger partial charge is 0.157 e. The predicted molar refractivity (Wildman–Crippen MR) is 40.5 cm³/mol. The minimum absolute atomic E-state index is 0.0620. The molecule has 0 amide bonds. The van der Waals surface area contributed by atoms with Gasteiger partial charge in [-0.05, 0) is 0 Å². The average Bonchev–Trinajstić information content (AvgIpc) is 2.12. The average molecular weight is 184 g/mol. The molecule has 0 saturated carbocycles. The molecule has 0 aliphatic rings. The fraction of sp³-hybridized carbons (Fsp3) is 0.571. The van der Waals surface area contributed by atoms with Gasteiger partial charge in [0, 0.05) is 5.88 Å². The molecular formula is C7H6ClN3O. The van der Waals surface area contributed by atoms with E-state index in [1.807, 2.05) is 0 Å². The van der Waals surface area contributed by atoms with E-state index in [4.69, 9.17) is 32.5 Å². The van der Waals surface area contributed by atoms with Crippen molar-refractivity contribution in [2.24, 2.45) is 11.8 Å². The quantitative estimate of drug-likeness (QED) is 0.506. The van der Waals surface area contributed by atoms with Crippen LogP contribution < -0.4 is 0 Å². The van der Waals surface area contributed by atoms with E-state index >= 15 is 0 Å². The Labute approximate surface area is 75.2 Å². The molecule has 0 aromatic rings. The number of alkyl halides is 1. The van der Waals surface area contributed by atoms with Gasteiger partial charge in [-0.2, -0.15) is 15.8 Å². The second-order valence-electron chi connectivity index (χ2n) is 2.12. The zero-order valence-corrected chi connectivity index (χ0v) is 6.86. The lowest BCUT2D eigenvalue weighted by Crippen LogP contribution is -2.25. The number of rotatable bonds is 3. The summed E-state index contributed by atoms with van der Waals surface area (Å²) in [6, 6.07) is 4.92. The normalized spacial score (nSPS) is 16.2. The van der Waals surface area contributed by atoms with Gasteiger partial charge in [-0.3, -0.25) is 0 Å². The first kappa shape index (κ1) is 10.7. The number of halogens is 1. The monoisotopic (exact) mass is 183 g/mol. The zero-order valence-electron chi connectivity index (χ0n) is 6.11. The molecule has 0 aromatic heterocycles. The molecule has 0 bridgehead atoms. The maximum atomic E-state index is 8.96. The molecule has 1 N–H and O–H groups in total. The van der Waals surface area contributed by atoms with Crippen molar-refractivity contribution in [2.45, 2.75) is 6.10 Å². The van der Waals surface area contributed by atoms with Crippen LogP contribution in [0.15, 0.2) is 0 Å². The first-order chi connectivity index (χ1) is 5.71. The Kier molecular flexibility index (Phi) is 4.81. The van der Waals surface area contributed by atoms with Crippen LogP contribution in [0.3, 0.4) is 0 Å². The maximum Gasteiger partial charge on any atom is 0.157 e. The van der Waals surface area contributed by atoms with Crippen molar-refractivity contribution >= 4 is 11.6 Å². The zero-order chi connectivity index (χ0) is 9.56. The van der Waals surface area contributed by atoms with Crippen molar-refractivity contribution in [1.82, 2.24) is 0 Å². The molecule has 5 heteroatoms. The summed E-state index contributed by atoms with van der Waals surface area (Å²) in [6.45, 7) is 0. The lowest BCUT2D eigenvalue weighted by atomic mass is 9.92. The third-order valence-corrected chi connectivity index (χ3v) is 1.72. The lowest BCUT2D eigenvalue weighted by Gasteiger charge is -2.12. The number of hydrogen-bond donors (Lipinski definition) is 1. The minimum Gasteiger partial charge on any atom is -0.377 e. The summed E-state index contributed by atoms with van der Waals surface area (Å²) in [5, 5.41) is 34.2. The van der Waals surface area contributed by atoms with Crippen LogP contribution in [0, 0.1) is 45.8 Å². The van der Waals surface area contributed by atoms with Crippen LogP contribution in [0.5, 0.6) is 0 Å². The van der Waals surface area contributed by atoms with Gasteiger partial charge in [0.15, 0.2) is 6.10 Å². The topological polar surface area (TPSA) is 91.6 Å². The summed E-state index contributed by atoms with van der Waals surface area (Å²) in [5.41, 5.74) is 0. The molecule has 0 rings (SSSR count). The third-order valence-electron chi connectivity index (χ3n) is 1.39. The highest BCUT2D eigenvalue weighted by atomic mass is 35.5. The molecule has 0 aliphatic heterocycles. The van der Waals surface area contributed by atoms with Crippen LogP contribution in [-0.4, -0.2) is 17.1 Å². The van der Waals surface area contributed by atoms with Crippen molar-refractivity contribution < 1.29 is 5.11 Å². The van der Waals surface area contributed by atoms with E-state index in [0.29, 0.717) is 0 Å². The second kappa shape index (κ2) is 5.38. The molecule has 0 aliphatic carbocycles. The van der Waals surface area contributed by atoms with Crippen LogP contribution in [-0.2, 0) is 0 Å². The summed E-state index contributed by atoms with van der Waals surface area (Å²) in [5.74, 6) is -1.89. The van der Waals surface area contributed by atoms with Gasteiger partial charge in [0.2, 0.25) is 0 Å². The first-order valence-electron chi connectivity index (χ1n) is 3.14. The summed E-state index contributed by atoms with van der Waals surface area (Å²) in [7, 11) is 0. The first-order valence-corrected chi connectivity index (χ1v) is 3.67. The van der Waals surface area contributed by atoms with Crippen LogP contribution in [0.1, 0.15) is 0 Å². The van der Waals surface area contributed by atoms with Crippen LogP contribution in [0.25, 0.3) is 0 Å². The van der Waals surface area contributed by atoms with Crippen molar-refractivity contribution in [3.8, 4) is 18.2 Å². The number of hydrogen-bond acceptors (Lipinski definition) is 4. The van der Waals surface area contributed by atoms with Crippen LogP contribution >= 0.6 is 11.6 Å². The van der Waals surface area contributed by atoms with E-state index in [0.717, 1.165) is 0 Å². The van der Waals surface area contributed by atoms with E-state index in [1.54, 1.807) is 12.1 Å². The number of nitrogens with zero attached hydrogens (tertiary/aromatic N) is 3. The van der Waals surface area contributed by atoms with Crippen LogP contribution in [0.2, 0.25) is 0 Å².